The first kappa shape index (κ1) is 24.9. The zero-order valence-electron chi connectivity index (χ0n) is 22.0. The molecule has 5 N–H and O–H groups in total. The average molecular weight is 502 g/mol. The molecule has 0 unspecified atom stereocenters. The highest BCUT2D eigenvalue weighted by Gasteiger charge is 2.23. The molecule has 1 aliphatic carbocycles. The Balaban J connectivity index is 1.74. The summed E-state index contributed by atoms with van der Waals surface area (Å²) in [6, 6.07) is 15.3. The van der Waals surface area contributed by atoms with Gasteiger partial charge in [-0.25, -0.2) is 13.9 Å². The maximum Gasteiger partial charge on any atom is 0.150 e. The third-order valence-corrected chi connectivity index (χ3v) is 6.62. The van der Waals surface area contributed by atoms with E-state index >= 15 is 0 Å². The van der Waals surface area contributed by atoms with Gasteiger partial charge in [0.05, 0.1) is 22.5 Å². The number of nitrogens with zero attached hydrogens (tertiary/aromatic N) is 3. The van der Waals surface area contributed by atoms with E-state index < -0.39 is 0 Å². The number of benzene rings is 1. The molecule has 37 heavy (non-hydrogen) atoms. The van der Waals surface area contributed by atoms with Gasteiger partial charge in [-0.2, -0.15) is 5.10 Å². The highest BCUT2D eigenvalue weighted by atomic mass is 19.1. The van der Waals surface area contributed by atoms with E-state index in [0.29, 0.717) is 17.5 Å². The number of halogens is 1. The van der Waals surface area contributed by atoms with Crippen molar-refractivity contribution in [2.24, 2.45) is 0 Å². The van der Waals surface area contributed by atoms with E-state index in [9.17, 15) is 4.39 Å². The number of pyridine rings is 2. The van der Waals surface area contributed by atoms with Crippen molar-refractivity contribution in [3.8, 4) is 22.5 Å². The van der Waals surface area contributed by atoms with Crippen LogP contribution in [0.15, 0.2) is 48.5 Å². The molecular formula is C29H36FN7. The molecule has 1 saturated carbocycles. The van der Waals surface area contributed by atoms with Crippen LogP contribution in [-0.2, 0) is 0 Å². The Kier molecular flexibility index (Phi) is 6.91. The van der Waals surface area contributed by atoms with Crippen molar-refractivity contribution < 1.29 is 4.39 Å². The van der Waals surface area contributed by atoms with E-state index in [0.717, 1.165) is 52.4 Å². The fourth-order valence-corrected chi connectivity index (χ4v) is 5.01. The second-order valence-corrected chi connectivity index (χ2v) is 10.5. The second-order valence-electron chi connectivity index (χ2n) is 10.5. The molecule has 8 heteroatoms. The van der Waals surface area contributed by atoms with Crippen LogP contribution in [-0.4, -0.2) is 32.7 Å². The summed E-state index contributed by atoms with van der Waals surface area (Å²) in [7, 11) is 0. The van der Waals surface area contributed by atoms with Gasteiger partial charge in [0.2, 0.25) is 0 Å². The summed E-state index contributed by atoms with van der Waals surface area (Å²) in [5, 5.41) is 15.7. The average Bonchev–Trinajstić information content (AvgIpc) is 3.48. The van der Waals surface area contributed by atoms with Crippen LogP contribution in [0, 0.1) is 5.82 Å². The summed E-state index contributed by atoms with van der Waals surface area (Å²) >= 11 is 0. The van der Waals surface area contributed by atoms with Gasteiger partial charge in [0.25, 0.3) is 0 Å². The molecule has 3 aromatic heterocycles. The fourth-order valence-electron chi connectivity index (χ4n) is 5.01. The Morgan fingerprint density at radius 2 is 1.65 bits per heavy atom. The molecule has 0 atom stereocenters. The first-order valence-electron chi connectivity index (χ1n) is 13.2. The standard InChI is InChI=1S/C29H36FN7/c1-17(2)32-22-15-25-27(24-14-13-23(31)29(35-24)34-21-7-5-6-8-21)28(19-9-11-20(30)12-10-19)36-37(25)26(16-22)33-18(3)4/h9-18,21,32-33H,5-8,31H2,1-4H3,(H,34,35). The van der Waals surface area contributed by atoms with E-state index in [-0.39, 0.29) is 17.9 Å². The molecule has 1 fully saturated rings. The van der Waals surface area contributed by atoms with Crippen LogP contribution in [0.1, 0.15) is 53.4 Å². The zero-order chi connectivity index (χ0) is 26.1. The summed E-state index contributed by atoms with van der Waals surface area (Å²) in [5.41, 5.74) is 12.0. The summed E-state index contributed by atoms with van der Waals surface area (Å²) in [6.45, 7) is 8.43. The van der Waals surface area contributed by atoms with Gasteiger partial charge in [0.1, 0.15) is 23.1 Å². The minimum Gasteiger partial charge on any atom is -0.396 e. The van der Waals surface area contributed by atoms with E-state index in [1.807, 2.05) is 16.6 Å². The van der Waals surface area contributed by atoms with Crippen LogP contribution in [0.25, 0.3) is 28.0 Å². The van der Waals surface area contributed by atoms with Crippen molar-refractivity contribution in [2.75, 3.05) is 21.7 Å². The van der Waals surface area contributed by atoms with Crippen LogP contribution < -0.4 is 21.7 Å². The van der Waals surface area contributed by atoms with E-state index in [1.54, 1.807) is 12.1 Å². The molecule has 5 rings (SSSR count). The quantitative estimate of drug-likeness (QED) is 0.213. The predicted molar refractivity (Wildman–Crippen MR) is 152 cm³/mol. The first-order valence-corrected chi connectivity index (χ1v) is 13.2. The highest BCUT2D eigenvalue weighted by molar-refractivity contribution is 5.93. The highest BCUT2D eigenvalue weighted by Crippen LogP contribution is 2.38. The third kappa shape index (κ3) is 5.33. The summed E-state index contributed by atoms with van der Waals surface area (Å²) in [4.78, 5) is 5.01. The molecule has 194 valence electrons. The number of anilines is 4. The summed E-state index contributed by atoms with van der Waals surface area (Å²) in [5.74, 6) is 1.28. The Hall–Kier alpha value is -3.81. The second kappa shape index (κ2) is 10.3. The maximum absolute atomic E-state index is 13.8. The van der Waals surface area contributed by atoms with Gasteiger partial charge in [0, 0.05) is 35.4 Å². The lowest BCUT2D eigenvalue weighted by Crippen LogP contribution is -2.17. The SMILES string of the molecule is CC(C)Nc1cc(NC(C)C)n2nc(-c3ccc(F)cc3)c(-c3ccc(N)c(NC4CCCC4)n3)c2c1. The third-order valence-electron chi connectivity index (χ3n) is 6.62. The van der Waals surface area contributed by atoms with Gasteiger partial charge in [-0.3, -0.25) is 0 Å². The van der Waals surface area contributed by atoms with E-state index in [2.05, 4.69) is 55.8 Å². The molecule has 1 aliphatic rings. The van der Waals surface area contributed by atoms with Crippen molar-refractivity contribution >= 4 is 28.5 Å². The monoisotopic (exact) mass is 501 g/mol. The van der Waals surface area contributed by atoms with Gasteiger partial charge < -0.3 is 21.7 Å². The van der Waals surface area contributed by atoms with Crippen molar-refractivity contribution in [3.05, 3.63) is 54.3 Å². The van der Waals surface area contributed by atoms with Gasteiger partial charge >= 0.3 is 0 Å². The number of rotatable bonds is 8. The van der Waals surface area contributed by atoms with Crippen LogP contribution in [0.2, 0.25) is 0 Å². The molecule has 0 spiro atoms. The molecule has 4 aromatic rings. The van der Waals surface area contributed by atoms with Crippen molar-refractivity contribution in [1.82, 2.24) is 14.6 Å². The predicted octanol–water partition coefficient (Wildman–Crippen LogP) is 6.78. The number of nitrogens with one attached hydrogen (secondary N) is 3. The van der Waals surface area contributed by atoms with E-state index in [1.165, 1.54) is 25.0 Å². The topological polar surface area (TPSA) is 92.3 Å². The number of aromatic nitrogens is 3. The van der Waals surface area contributed by atoms with Crippen LogP contribution in [0.4, 0.5) is 27.4 Å². The minimum absolute atomic E-state index is 0.205. The Morgan fingerprint density at radius 1 is 0.946 bits per heavy atom. The molecule has 0 saturated heterocycles. The Labute approximate surface area is 217 Å². The van der Waals surface area contributed by atoms with Gasteiger partial charge in [-0.05, 0) is 83.0 Å². The van der Waals surface area contributed by atoms with Crippen molar-refractivity contribution in [3.63, 3.8) is 0 Å². The number of nitrogen functional groups attached to an aromatic ring is 1. The van der Waals surface area contributed by atoms with Gasteiger partial charge in [-0.15, -0.1) is 0 Å². The van der Waals surface area contributed by atoms with Crippen molar-refractivity contribution in [1.29, 1.82) is 0 Å². The lowest BCUT2D eigenvalue weighted by molar-refractivity contribution is 0.628. The number of nitrogens with two attached hydrogens (primary N) is 1. The van der Waals surface area contributed by atoms with E-state index in [4.69, 9.17) is 15.8 Å². The number of hydrogen-bond donors (Lipinski definition) is 4. The molecule has 1 aromatic carbocycles. The molecule has 7 nitrogen and oxygen atoms in total. The minimum atomic E-state index is -0.284. The Morgan fingerprint density at radius 3 is 2.32 bits per heavy atom. The first-order chi connectivity index (χ1) is 17.8. The van der Waals surface area contributed by atoms with Crippen LogP contribution in [0.3, 0.4) is 0 Å². The maximum atomic E-state index is 13.8. The molecule has 0 bridgehead atoms. The normalized spacial score (nSPS) is 14.1. The lowest BCUT2D eigenvalue weighted by Gasteiger charge is -2.17. The fraction of sp³-hybridized carbons (Fsp3) is 0.379. The van der Waals surface area contributed by atoms with Gasteiger partial charge in [0.15, 0.2) is 0 Å². The largest absolute Gasteiger partial charge is 0.396 e. The van der Waals surface area contributed by atoms with Crippen LogP contribution in [0.5, 0.6) is 0 Å². The molecular weight excluding hydrogens is 465 g/mol. The van der Waals surface area contributed by atoms with Crippen LogP contribution >= 0.6 is 0 Å². The lowest BCUT2D eigenvalue weighted by atomic mass is 10.0. The molecule has 0 radical (unpaired) electrons. The summed E-state index contributed by atoms with van der Waals surface area (Å²) in [6.07, 6.45) is 4.68. The summed E-state index contributed by atoms with van der Waals surface area (Å²) < 4.78 is 15.7. The van der Waals surface area contributed by atoms with Gasteiger partial charge in [-0.1, -0.05) is 12.8 Å². The van der Waals surface area contributed by atoms with Crippen molar-refractivity contribution in [2.45, 2.75) is 71.5 Å². The smallest absolute Gasteiger partial charge is 0.150 e. The number of hydrogen-bond acceptors (Lipinski definition) is 6. The number of fused-ring (bicyclic) bond motifs is 1. The molecule has 0 amide bonds. The molecule has 0 aliphatic heterocycles. The zero-order valence-corrected chi connectivity index (χ0v) is 22.0. The molecule has 3 heterocycles. The Bertz CT molecular complexity index is 1390.